The number of rotatable bonds is 5. The van der Waals surface area contributed by atoms with E-state index in [1.54, 1.807) is 18.6 Å². The van der Waals surface area contributed by atoms with Crippen LogP contribution in [0.1, 0.15) is 44.3 Å². The number of pyridine rings is 1. The molecule has 2 unspecified atom stereocenters. The highest BCUT2D eigenvalue weighted by Crippen LogP contribution is 2.40. The summed E-state index contributed by atoms with van der Waals surface area (Å²) in [4.78, 5) is 16.2. The van der Waals surface area contributed by atoms with Gasteiger partial charge in [0.2, 0.25) is 0 Å². The van der Waals surface area contributed by atoms with Gasteiger partial charge in [0.05, 0.1) is 18.3 Å². The molecule has 0 spiro atoms. The molecule has 1 aliphatic rings. The molecule has 0 aromatic carbocycles. The van der Waals surface area contributed by atoms with Gasteiger partial charge in [0.1, 0.15) is 5.82 Å². The van der Waals surface area contributed by atoms with Crippen LogP contribution in [-0.2, 0) is 0 Å². The van der Waals surface area contributed by atoms with Gasteiger partial charge in [-0.25, -0.2) is 9.48 Å². The second-order valence-corrected chi connectivity index (χ2v) is 5.85. The lowest BCUT2D eigenvalue weighted by atomic mass is 10.1. The molecule has 6 heteroatoms. The van der Waals surface area contributed by atoms with Gasteiger partial charge in [0, 0.05) is 18.5 Å². The van der Waals surface area contributed by atoms with Crippen LogP contribution in [0.15, 0.2) is 36.8 Å². The third-order valence-corrected chi connectivity index (χ3v) is 4.13. The molecular formula is C16H21N5O. The van der Waals surface area contributed by atoms with Crippen molar-refractivity contribution in [2.24, 2.45) is 5.92 Å². The maximum Gasteiger partial charge on any atom is 0.320 e. The van der Waals surface area contributed by atoms with Crippen LogP contribution in [0, 0.1) is 5.92 Å². The molecule has 0 aliphatic heterocycles. The van der Waals surface area contributed by atoms with Crippen molar-refractivity contribution in [2.75, 3.05) is 5.32 Å². The summed E-state index contributed by atoms with van der Waals surface area (Å²) in [5.41, 5.74) is 0.970. The summed E-state index contributed by atoms with van der Waals surface area (Å²) in [6, 6.07) is 5.61. The van der Waals surface area contributed by atoms with Crippen molar-refractivity contribution in [3.05, 3.63) is 42.4 Å². The number of nitrogens with zero attached hydrogens (tertiary/aromatic N) is 3. The molecule has 2 amide bonds. The smallest absolute Gasteiger partial charge is 0.320 e. The summed E-state index contributed by atoms with van der Waals surface area (Å²) in [6.45, 7) is 4.08. The summed E-state index contributed by atoms with van der Waals surface area (Å²) in [5.74, 6) is 1.41. The summed E-state index contributed by atoms with van der Waals surface area (Å²) in [7, 11) is 0. The van der Waals surface area contributed by atoms with Gasteiger partial charge in [-0.3, -0.25) is 10.3 Å². The van der Waals surface area contributed by atoms with E-state index in [0.717, 1.165) is 11.4 Å². The Morgan fingerprint density at radius 2 is 2.14 bits per heavy atom. The number of urea groups is 1. The molecule has 0 saturated heterocycles. The van der Waals surface area contributed by atoms with E-state index in [9.17, 15) is 4.79 Å². The quantitative estimate of drug-likeness (QED) is 0.891. The molecule has 1 fully saturated rings. The average molecular weight is 299 g/mol. The standard InChI is InChI=1S/C16H21N5O/c1-11(14-4-3-8-17-10-14)19-16(22)20-15-7-9-18-21(15)12(2)13-5-6-13/h3-4,7-13H,5-6H2,1-2H3,(H2,19,20,22). The highest BCUT2D eigenvalue weighted by molar-refractivity contribution is 5.88. The van der Waals surface area contributed by atoms with E-state index < -0.39 is 0 Å². The van der Waals surface area contributed by atoms with Crippen molar-refractivity contribution in [2.45, 2.75) is 38.8 Å². The zero-order chi connectivity index (χ0) is 15.5. The maximum atomic E-state index is 12.2. The predicted molar refractivity (Wildman–Crippen MR) is 84.5 cm³/mol. The number of hydrogen-bond donors (Lipinski definition) is 2. The fourth-order valence-corrected chi connectivity index (χ4v) is 2.58. The molecule has 0 radical (unpaired) electrons. The Morgan fingerprint density at radius 3 is 2.82 bits per heavy atom. The number of hydrogen-bond acceptors (Lipinski definition) is 3. The molecule has 6 nitrogen and oxygen atoms in total. The second kappa shape index (κ2) is 6.17. The van der Waals surface area contributed by atoms with Gasteiger partial charge >= 0.3 is 6.03 Å². The number of carbonyl (C=O) groups is 1. The molecule has 2 heterocycles. The van der Waals surface area contributed by atoms with Crippen LogP contribution < -0.4 is 10.6 Å². The Balaban J connectivity index is 1.61. The van der Waals surface area contributed by atoms with E-state index in [1.807, 2.05) is 29.8 Å². The zero-order valence-corrected chi connectivity index (χ0v) is 12.9. The van der Waals surface area contributed by atoms with Crippen molar-refractivity contribution in [1.82, 2.24) is 20.1 Å². The van der Waals surface area contributed by atoms with E-state index in [4.69, 9.17) is 0 Å². The normalized spacial score (nSPS) is 16.8. The summed E-state index contributed by atoms with van der Waals surface area (Å²) < 4.78 is 1.89. The van der Waals surface area contributed by atoms with Crippen LogP contribution in [0.3, 0.4) is 0 Å². The highest BCUT2D eigenvalue weighted by atomic mass is 16.2. The van der Waals surface area contributed by atoms with Crippen molar-refractivity contribution in [3.63, 3.8) is 0 Å². The Kier molecular flexibility index (Phi) is 4.09. The number of amides is 2. The molecule has 2 atom stereocenters. The van der Waals surface area contributed by atoms with Gasteiger partial charge in [0.15, 0.2) is 0 Å². The Morgan fingerprint density at radius 1 is 1.32 bits per heavy atom. The monoisotopic (exact) mass is 299 g/mol. The SMILES string of the molecule is CC(NC(=O)Nc1ccnn1C(C)C1CC1)c1cccnc1. The molecule has 1 aliphatic carbocycles. The lowest BCUT2D eigenvalue weighted by molar-refractivity contribution is 0.249. The molecule has 1 saturated carbocycles. The van der Waals surface area contributed by atoms with Crippen LogP contribution in [-0.4, -0.2) is 20.8 Å². The molecule has 0 bridgehead atoms. The number of carbonyl (C=O) groups excluding carboxylic acids is 1. The van der Waals surface area contributed by atoms with E-state index in [0.29, 0.717) is 12.0 Å². The van der Waals surface area contributed by atoms with E-state index in [-0.39, 0.29) is 12.1 Å². The van der Waals surface area contributed by atoms with Gasteiger partial charge in [-0.15, -0.1) is 0 Å². The van der Waals surface area contributed by atoms with Gasteiger partial charge in [-0.05, 0) is 44.2 Å². The van der Waals surface area contributed by atoms with Gasteiger partial charge in [-0.2, -0.15) is 5.10 Å². The van der Waals surface area contributed by atoms with Crippen LogP contribution in [0.25, 0.3) is 0 Å². The summed E-state index contributed by atoms with van der Waals surface area (Å²) in [6.07, 6.45) is 7.67. The topological polar surface area (TPSA) is 71.8 Å². The Hall–Kier alpha value is -2.37. The van der Waals surface area contributed by atoms with Crippen LogP contribution in [0.5, 0.6) is 0 Å². The van der Waals surface area contributed by atoms with E-state index >= 15 is 0 Å². The van der Waals surface area contributed by atoms with Crippen molar-refractivity contribution in [1.29, 1.82) is 0 Å². The number of aromatic nitrogens is 3. The Bertz CT molecular complexity index is 635. The number of nitrogens with one attached hydrogen (secondary N) is 2. The highest BCUT2D eigenvalue weighted by Gasteiger charge is 2.30. The molecule has 22 heavy (non-hydrogen) atoms. The van der Waals surface area contributed by atoms with Crippen molar-refractivity contribution >= 4 is 11.8 Å². The van der Waals surface area contributed by atoms with Crippen LogP contribution in [0.2, 0.25) is 0 Å². The first-order valence-corrected chi connectivity index (χ1v) is 7.66. The summed E-state index contributed by atoms with van der Waals surface area (Å²) in [5, 5.41) is 10.1. The van der Waals surface area contributed by atoms with E-state index in [1.165, 1.54) is 12.8 Å². The van der Waals surface area contributed by atoms with Gasteiger partial charge in [0.25, 0.3) is 0 Å². The predicted octanol–water partition coefficient (Wildman–Crippen LogP) is 3.13. The molecular weight excluding hydrogens is 278 g/mol. The van der Waals surface area contributed by atoms with Crippen LogP contribution in [0.4, 0.5) is 10.6 Å². The Labute approximate surface area is 129 Å². The fourth-order valence-electron chi connectivity index (χ4n) is 2.58. The first-order valence-electron chi connectivity index (χ1n) is 7.66. The molecule has 2 N–H and O–H groups in total. The first kappa shape index (κ1) is 14.6. The summed E-state index contributed by atoms with van der Waals surface area (Å²) >= 11 is 0. The fraction of sp³-hybridized carbons (Fsp3) is 0.438. The molecule has 2 aromatic rings. The average Bonchev–Trinajstić information content (AvgIpc) is 3.28. The van der Waals surface area contributed by atoms with E-state index in [2.05, 4.69) is 27.6 Å². The second-order valence-electron chi connectivity index (χ2n) is 5.85. The minimum absolute atomic E-state index is 0.106. The third-order valence-electron chi connectivity index (χ3n) is 4.13. The molecule has 116 valence electrons. The molecule has 3 rings (SSSR count). The molecule has 2 aromatic heterocycles. The van der Waals surface area contributed by atoms with Gasteiger partial charge in [-0.1, -0.05) is 6.07 Å². The third kappa shape index (κ3) is 3.27. The minimum Gasteiger partial charge on any atom is -0.331 e. The lowest BCUT2D eigenvalue weighted by Gasteiger charge is -2.17. The van der Waals surface area contributed by atoms with Crippen LogP contribution >= 0.6 is 0 Å². The number of anilines is 1. The lowest BCUT2D eigenvalue weighted by Crippen LogP contribution is -2.32. The minimum atomic E-state index is -0.235. The van der Waals surface area contributed by atoms with Crippen molar-refractivity contribution < 1.29 is 4.79 Å². The maximum absolute atomic E-state index is 12.2. The van der Waals surface area contributed by atoms with Gasteiger partial charge < -0.3 is 5.32 Å². The zero-order valence-electron chi connectivity index (χ0n) is 12.9. The van der Waals surface area contributed by atoms with Crippen molar-refractivity contribution in [3.8, 4) is 0 Å². The largest absolute Gasteiger partial charge is 0.331 e. The first-order chi connectivity index (χ1) is 10.6.